The summed E-state index contributed by atoms with van der Waals surface area (Å²) in [6.45, 7) is 0.152. The van der Waals surface area contributed by atoms with Crippen molar-refractivity contribution in [3.63, 3.8) is 0 Å². The van der Waals surface area contributed by atoms with E-state index in [9.17, 15) is 13.2 Å². The molecule has 0 saturated heterocycles. The van der Waals surface area contributed by atoms with E-state index in [0.29, 0.717) is 11.1 Å². The van der Waals surface area contributed by atoms with Crippen molar-refractivity contribution in [2.24, 2.45) is 0 Å². The van der Waals surface area contributed by atoms with Gasteiger partial charge in [-0.2, -0.15) is 4.39 Å². The van der Waals surface area contributed by atoms with Crippen LogP contribution < -0.4 is 4.74 Å². The van der Waals surface area contributed by atoms with Crippen molar-refractivity contribution in [1.82, 2.24) is 0 Å². The lowest BCUT2D eigenvalue weighted by atomic mass is 9.99. The third-order valence-electron chi connectivity index (χ3n) is 4.64. The molecule has 0 saturated carbocycles. The molecule has 0 aromatic heterocycles. The van der Waals surface area contributed by atoms with E-state index in [1.54, 1.807) is 36.4 Å². The van der Waals surface area contributed by atoms with Crippen LogP contribution in [0.25, 0.3) is 22.3 Å². The van der Waals surface area contributed by atoms with E-state index < -0.39 is 11.6 Å². The maximum Gasteiger partial charge on any atom is 0.201 e. The summed E-state index contributed by atoms with van der Waals surface area (Å²) in [4.78, 5) is 0. The van der Waals surface area contributed by atoms with Crippen LogP contribution in [-0.4, -0.2) is 0 Å². The van der Waals surface area contributed by atoms with Crippen LogP contribution in [0.1, 0.15) is 5.56 Å². The number of halogens is 3. The predicted octanol–water partition coefficient (Wildman–Crippen LogP) is 7.02. The number of ether oxygens (including phenoxy) is 1. The summed E-state index contributed by atoms with van der Waals surface area (Å²) in [6, 6.07) is 25.3. The fourth-order valence-electron chi connectivity index (χ4n) is 3.11. The van der Waals surface area contributed by atoms with Crippen LogP contribution in [0, 0.1) is 17.5 Å². The van der Waals surface area contributed by atoms with E-state index in [4.69, 9.17) is 4.74 Å². The van der Waals surface area contributed by atoms with Crippen LogP contribution in [0.4, 0.5) is 13.2 Å². The Morgan fingerprint density at radius 3 is 2.03 bits per heavy atom. The number of benzene rings is 4. The highest BCUT2D eigenvalue weighted by Gasteiger charge is 2.16. The van der Waals surface area contributed by atoms with Crippen molar-refractivity contribution >= 4 is 0 Å². The van der Waals surface area contributed by atoms with Gasteiger partial charge in [0.1, 0.15) is 12.4 Å². The molecule has 4 aromatic carbocycles. The molecule has 0 aliphatic heterocycles. The highest BCUT2D eigenvalue weighted by molar-refractivity contribution is 5.71. The lowest BCUT2D eigenvalue weighted by molar-refractivity contribution is 0.285. The van der Waals surface area contributed by atoms with Crippen LogP contribution in [0.3, 0.4) is 0 Å². The second-order valence-corrected chi connectivity index (χ2v) is 6.60. The van der Waals surface area contributed by atoms with Crippen LogP contribution in [0.5, 0.6) is 5.75 Å². The van der Waals surface area contributed by atoms with Gasteiger partial charge in [0.05, 0.1) is 0 Å². The van der Waals surface area contributed by atoms with E-state index in [2.05, 4.69) is 0 Å². The van der Waals surface area contributed by atoms with E-state index >= 15 is 0 Å². The molecule has 4 rings (SSSR count). The topological polar surface area (TPSA) is 9.23 Å². The average Bonchev–Trinajstić information content (AvgIpc) is 2.76. The van der Waals surface area contributed by atoms with Crippen LogP contribution >= 0.6 is 0 Å². The summed E-state index contributed by atoms with van der Waals surface area (Å²) in [5, 5.41) is 0. The summed E-state index contributed by atoms with van der Waals surface area (Å²) in [5.41, 5.74) is 3.03. The molecule has 1 nitrogen and oxygen atoms in total. The lowest BCUT2D eigenvalue weighted by Gasteiger charge is -2.11. The SMILES string of the molecule is Fc1cccc(-c2ccc(-c3ccc(OCc4ccccc4)c(F)c3F)cc2)c1. The molecule has 4 aromatic rings. The van der Waals surface area contributed by atoms with Gasteiger partial charge in [-0.25, -0.2) is 8.78 Å². The number of rotatable bonds is 5. The van der Waals surface area contributed by atoms with E-state index in [1.807, 2.05) is 30.3 Å². The van der Waals surface area contributed by atoms with Gasteiger partial charge in [0, 0.05) is 5.56 Å². The molecule has 0 bridgehead atoms. The lowest BCUT2D eigenvalue weighted by Crippen LogP contribution is -2.00. The second kappa shape index (κ2) is 8.23. The van der Waals surface area contributed by atoms with Gasteiger partial charge in [-0.1, -0.05) is 66.7 Å². The Kier molecular flexibility index (Phi) is 5.34. The summed E-state index contributed by atoms with van der Waals surface area (Å²) < 4.78 is 48.0. The number of hydrogen-bond donors (Lipinski definition) is 0. The minimum Gasteiger partial charge on any atom is -0.486 e. The highest BCUT2D eigenvalue weighted by atomic mass is 19.2. The predicted molar refractivity (Wildman–Crippen MR) is 108 cm³/mol. The monoisotopic (exact) mass is 390 g/mol. The van der Waals surface area contributed by atoms with Crippen molar-refractivity contribution in [3.05, 3.63) is 114 Å². The van der Waals surface area contributed by atoms with Gasteiger partial charge in [0.2, 0.25) is 5.82 Å². The summed E-state index contributed by atoms with van der Waals surface area (Å²) in [6.07, 6.45) is 0. The summed E-state index contributed by atoms with van der Waals surface area (Å²) in [5.74, 6) is -2.45. The van der Waals surface area contributed by atoms with Gasteiger partial charge in [-0.3, -0.25) is 0 Å². The smallest absolute Gasteiger partial charge is 0.201 e. The third kappa shape index (κ3) is 4.16. The Bertz CT molecular complexity index is 1120. The first-order valence-corrected chi connectivity index (χ1v) is 9.13. The van der Waals surface area contributed by atoms with Crippen molar-refractivity contribution < 1.29 is 17.9 Å². The van der Waals surface area contributed by atoms with Crippen LogP contribution in [0.2, 0.25) is 0 Å². The molecule has 0 heterocycles. The van der Waals surface area contributed by atoms with Gasteiger partial charge < -0.3 is 4.74 Å². The molecule has 0 aliphatic carbocycles. The minimum atomic E-state index is -1.02. The van der Waals surface area contributed by atoms with Gasteiger partial charge in [0.25, 0.3) is 0 Å². The zero-order valence-electron chi connectivity index (χ0n) is 15.4. The van der Waals surface area contributed by atoms with Gasteiger partial charge in [0.15, 0.2) is 11.6 Å². The quantitative estimate of drug-likeness (QED) is 0.356. The fraction of sp³-hybridized carbons (Fsp3) is 0.0400. The van der Waals surface area contributed by atoms with Crippen LogP contribution in [-0.2, 0) is 6.61 Å². The first kappa shape index (κ1) is 18.8. The average molecular weight is 390 g/mol. The molecular weight excluding hydrogens is 373 g/mol. The Balaban J connectivity index is 1.56. The third-order valence-corrected chi connectivity index (χ3v) is 4.64. The molecule has 0 spiro atoms. The standard InChI is InChI=1S/C25H17F3O/c26-21-8-4-7-20(15-21)18-9-11-19(12-10-18)22-13-14-23(25(28)24(22)27)29-16-17-5-2-1-3-6-17/h1-15H,16H2. The van der Waals surface area contributed by atoms with Crippen molar-refractivity contribution in [2.45, 2.75) is 6.61 Å². The summed E-state index contributed by atoms with van der Waals surface area (Å²) >= 11 is 0. The minimum absolute atomic E-state index is 0.133. The maximum atomic E-state index is 14.6. The Morgan fingerprint density at radius 2 is 1.31 bits per heavy atom. The molecule has 29 heavy (non-hydrogen) atoms. The molecule has 4 heteroatoms. The van der Waals surface area contributed by atoms with E-state index in [0.717, 1.165) is 11.1 Å². The molecule has 0 atom stereocenters. The Hall–Kier alpha value is -3.53. The first-order valence-electron chi connectivity index (χ1n) is 9.13. The zero-order chi connectivity index (χ0) is 20.2. The molecule has 0 aliphatic rings. The van der Waals surface area contributed by atoms with Crippen molar-refractivity contribution in [1.29, 1.82) is 0 Å². The fourth-order valence-corrected chi connectivity index (χ4v) is 3.11. The molecule has 144 valence electrons. The van der Waals surface area contributed by atoms with E-state index in [-0.39, 0.29) is 23.7 Å². The highest BCUT2D eigenvalue weighted by Crippen LogP contribution is 2.31. The Labute approximate surface area is 167 Å². The number of hydrogen-bond acceptors (Lipinski definition) is 1. The normalized spacial score (nSPS) is 10.7. The Morgan fingerprint density at radius 1 is 0.586 bits per heavy atom. The van der Waals surface area contributed by atoms with Gasteiger partial charge in [-0.05, 0) is 46.5 Å². The molecule has 0 N–H and O–H groups in total. The first-order chi connectivity index (χ1) is 14.1. The zero-order valence-corrected chi connectivity index (χ0v) is 15.4. The molecule has 0 unspecified atom stereocenters. The largest absolute Gasteiger partial charge is 0.486 e. The van der Waals surface area contributed by atoms with Crippen molar-refractivity contribution in [3.8, 4) is 28.0 Å². The molecule has 0 amide bonds. The molecule has 0 fully saturated rings. The molecule has 0 radical (unpaired) electrons. The molecular formula is C25H17F3O. The summed E-state index contributed by atoms with van der Waals surface area (Å²) in [7, 11) is 0. The van der Waals surface area contributed by atoms with E-state index in [1.165, 1.54) is 24.3 Å². The van der Waals surface area contributed by atoms with Gasteiger partial charge in [-0.15, -0.1) is 0 Å². The second-order valence-electron chi connectivity index (χ2n) is 6.60. The maximum absolute atomic E-state index is 14.6. The van der Waals surface area contributed by atoms with Crippen molar-refractivity contribution in [2.75, 3.05) is 0 Å². The van der Waals surface area contributed by atoms with Gasteiger partial charge >= 0.3 is 0 Å². The van der Waals surface area contributed by atoms with Crippen LogP contribution in [0.15, 0.2) is 91.0 Å².